The second-order valence-electron chi connectivity index (χ2n) is 7.14. The van der Waals surface area contributed by atoms with E-state index >= 15 is 0 Å². The lowest BCUT2D eigenvalue weighted by Gasteiger charge is -2.16. The summed E-state index contributed by atoms with van der Waals surface area (Å²) in [4.78, 5) is 42.1. The van der Waals surface area contributed by atoms with E-state index in [-0.39, 0.29) is 17.4 Å². The molecule has 7 heteroatoms. The molecule has 2 amide bonds. The van der Waals surface area contributed by atoms with Crippen LogP contribution in [-0.2, 0) is 17.8 Å². The van der Waals surface area contributed by atoms with E-state index in [9.17, 15) is 14.4 Å². The van der Waals surface area contributed by atoms with Gasteiger partial charge in [0.2, 0.25) is 5.91 Å². The zero-order valence-corrected chi connectivity index (χ0v) is 16.1. The van der Waals surface area contributed by atoms with Gasteiger partial charge in [-0.25, -0.2) is 4.98 Å². The van der Waals surface area contributed by atoms with Crippen molar-refractivity contribution in [1.29, 1.82) is 0 Å². The Hall–Kier alpha value is -3.48. The van der Waals surface area contributed by atoms with Crippen LogP contribution in [0.4, 0.5) is 0 Å². The molecule has 0 bridgehead atoms. The van der Waals surface area contributed by atoms with Gasteiger partial charge in [-0.3, -0.25) is 29.8 Å². The molecule has 0 fully saturated rings. The average Bonchev–Trinajstić information content (AvgIpc) is 3.22. The van der Waals surface area contributed by atoms with Crippen LogP contribution in [0.2, 0.25) is 0 Å². The normalized spacial score (nSPS) is 13.7. The molecule has 0 saturated heterocycles. The van der Waals surface area contributed by atoms with Crippen molar-refractivity contribution in [2.75, 3.05) is 0 Å². The standard InChI is InChI=1S/C22H22N4O3/c1-2-16(14-7-4-3-5-8-14)21(28)25-24-20(27)15-10-11-17-18(13-15)23-19-9-6-12-26(19)22(17)29/h3-5,7-8,10-11,13,16H,2,6,9,12H2,1H3,(H,24,27)(H,25,28). The highest BCUT2D eigenvalue weighted by Gasteiger charge is 2.20. The molecule has 29 heavy (non-hydrogen) atoms. The quantitative estimate of drug-likeness (QED) is 0.669. The van der Waals surface area contributed by atoms with Crippen molar-refractivity contribution in [2.45, 2.75) is 38.6 Å². The molecule has 4 rings (SSSR count). The fraction of sp³-hybridized carbons (Fsp3) is 0.273. The van der Waals surface area contributed by atoms with Crippen molar-refractivity contribution in [3.63, 3.8) is 0 Å². The molecule has 148 valence electrons. The number of hydrazine groups is 1. The first-order chi connectivity index (χ1) is 14.1. The third kappa shape index (κ3) is 3.63. The van der Waals surface area contributed by atoms with Crippen LogP contribution in [0.5, 0.6) is 0 Å². The maximum absolute atomic E-state index is 12.5. The van der Waals surface area contributed by atoms with Gasteiger partial charge >= 0.3 is 0 Å². The Morgan fingerprint density at radius 2 is 1.93 bits per heavy atom. The number of hydrogen-bond donors (Lipinski definition) is 2. The molecule has 2 N–H and O–H groups in total. The summed E-state index contributed by atoms with van der Waals surface area (Å²) in [7, 11) is 0. The van der Waals surface area contributed by atoms with Gasteiger partial charge in [-0.05, 0) is 36.6 Å². The number of aryl methyl sites for hydroxylation is 1. The molecule has 1 unspecified atom stereocenters. The fourth-order valence-corrected chi connectivity index (χ4v) is 3.76. The number of hydrogen-bond acceptors (Lipinski definition) is 4. The van der Waals surface area contributed by atoms with E-state index in [0.717, 1.165) is 24.2 Å². The SMILES string of the molecule is CCC(C(=O)NNC(=O)c1ccc2c(=O)n3c(nc2c1)CCC3)c1ccccc1. The number of aromatic nitrogens is 2. The number of amides is 2. The second-order valence-corrected chi connectivity index (χ2v) is 7.14. The number of nitrogens with one attached hydrogen (secondary N) is 2. The number of carbonyl (C=O) groups excluding carboxylic acids is 2. The summed E-state index contributed by atoms with van der Waals surface area (Å²) < 4.78 is 1.69. The molecule has 1 aliphatic rings. The van der Waals surface area contributed by atoms with Gasteiger partial charge < -0.3 is 0 Å². The molecule has 0 spiro atoms. The van der Waals surface area contributed by atoms with Crippen LogP contribution >= 0.6 is 0 Å². The largest absolute Gasteiger partial charge is 0.296 e. The van der Waals surface area contributed by atoms with Gasteiger partial charge in [0.05, 0.1) is 16.8 Å². The summed E-state index contributed by atoms with van der Waals surface area (Å²) in [5.41, 5.74) is 6.63. The van der Waals surface area contributed by atoms with E-state index in [1.54, 1.807) is 22.8 Å². The van der Waals surface area contributed by atoms with Crippen molar-refractivity contribution < 1.29 is 9.59 Å². The molecular formula is C22H22N4O3. The first kappa shape index (κ1) is 18.9. The molecule has 3 aromatic rings. The van der Waals surface area contributed by atoms with E-state index in [1.165, 1.54) is 0 Å². The number of benzene rings is 2. The Bertz CT molecular complexity index is 1140. The van der Waals surface area contributed by atoms with Gasteiger partial charge in [-0.2, -0.15) is 0 Å². The third-order valence-electron chi connectivity index (χ3n) is 5.30. The molecule has 2 aromatic carbocycles. The van der Waals surface area contributed by atoms with Crippen molar-refractivity contribution in [2.24, 2.45) is 0 Å². The summed E-state index contributed by atoms with van der Waals surface area (Å²) in [5.74, 6) is -0.327. The summed E-state index contributed by atoms with van der Waals surface area (Å²) in [5, 5.41) is 0.492. The van der Waals surface area contributed by atoms with Crippen molar-refractivity contribution >= 4 is 22.7 Å². The molecule has 0 aliphatic carbocycles. The van der Waals surface area contributed by atoms with Crippen molar-refractivity contribution in [1.82, 2.24) is 20.4 Å². The first-order valence-electron chi connectivity index (χ1n) is 9.77. The number of nitrogens with zero attached hydrogens (tertiary/aromatic N) is 2. The minimum atomic E-state index is -0.453. The van der Waals surface area contributed by atoms with Crippen molar-refractivity contribution in [3.8, 4) is 0 Å². The average molecular weight is 390 g/mol. The summed E-state index contributed by atoms with van der Waals surface area (Å²) in [6.07, 6.45) is 2.27. The summed E-state index contributed by atoms with van der Waals surface area (Å²) in [6.45, 7) is 2.61. The Morgan fingerprint density at radius 3 is 2.69 bits per heavy atom. The molecule has 1 aromatic heterocycles. The summed E-state index contributed by atoms with van der Waals surface area (Å²) >= 11 is 0. The van der Waals surface area contributed by atoms with E-state index in [4.69, 9.17) is 0 Å². The minimum Gasteiger partial charge on any atom is -0.296 e. The molecule has 7 nitrogen and oxygen atoms in total. The maximum atomic E-state index is 12.5. The third-order valence-corrected chi connectivity index (χ3v) is 5.30. The lowest BCUT2D eigenvalue weighted by Crippen LogP contribution is -2.43. The number of carbonyl (C=O) groups is 2. The highest BCUT2D eigenvalue weighted by Crippen LogP contribution is 2.19. The van der Waals surface area contributed by atoms with Gasteiger partial charge in [0, 0.05) is 18.5 Å². The van der Waals surface area contributed by atoms with Crippen LogP contribution in [0.25, 0.3) is 10.9 Å². The topological polar surface area (TPSA) is 93.1 Å². The van der Waals surface area contributed by atoms with E-state index < -0.39 is 5.91 Å². The van der Waals surface area contributed by atoms with E-state index in [2.05, 4.69) is 15.8 Å². The lowest BCUT2D eigenvalue weighted by molar-refractivity contribution is -0.123. The second kappa shape index (κ2) is 7.87. The molecule has 0 saturated carbocycles. The van der Waals surface area contributed by atoms with E-state index in [0.29, 0.717) is 29.4 Å². The number of fused-ring (bicyclic) bond motifs is 2. The Balaban J connectivity index is 1.50. The maximum Gasteiger partial charge on any atom is 0.269 e. The minimum absolute atomic E-state index is 0.0728. The predicted octanol–water partition coefficient (Wildman–Crippen LogP) is 2.30. The summed E-state index contributed by atoms with van der Waals surface area (Å²) in [6, 6.07) is 14.2. The highest BCUT2D eigenvalue weighted by molar-refractivity contribution is 5.98. The van der Waals surface area contributed by atoms with Crippen LogP contribution in [0.15, 0.2) is 53.3 Å². The van der Waals surface area contributed by atoms with Gasteiger partial charge in [-0.1, -0.05) is 37.3 Å². The Labute approximate surface area is 167 Å². The van der Waals surface area contributed by atoms with E-state index in [1.807, 2.05) is 37.3 Å². The Morgan fingerprint density at radius 1 is 1.14 bits per heavy atom. The molecule has 1 atom stereocenters. The van der Waals surface area contributed by atoms with Gasteiger partial charge in [0.15, 0.2) is 0 Å². The van der Waals surface area contributed by atoms with Crippen LogP contribution in [0.3, 0.4) is 0 Å². The van der Waals surface area contributed by atoms with Crippen LogP contribution < -0.4 is 16.4 Å². The zero-order valence-electron chi connectivity index (χ0n) is 16.1. The Kier molecular flexibility index (Phi) is 5.12. The van der Waals surface area contributed by atoms with Gasteiger partial charge in [0.1, 0.15) is 5.82 Å². The fourth-order valence-electron chi connectivity index (χ4n) is 3.76. The van der Waals surface area contributed by atoms with Crippen LogP contribution in [-0.4, -0.2) is 21.4 Å². The van der Waals surface area contributed by atoms with Gasteiger partial charge in [0.25, 0.3) is 11.5 Å². The van der Waals surface area contributed by atoms with Crippen LogP contribution in [0, 0.1) is 0 Å². The lowest BCUT2D eigenvalue weighted by atomic mass is 9.96. The molecule has 0 radical (unpaired) electrons. The van der Waals surface area contributed by atoms with Crippen molar-refractivity contribution in [3.05, 3.63) is 75.8 Å². The molecule has 1 aliphatic heterocycles. The smallest absolute Gasteiger partial charge is 0.269 e. The number of rotatable bonds is 4. The molecule has 2 heterocycles. The molecular weight excluding hydrogens is 368 g/mol. The first-order valence-corrected chi connectivity index (χ1v) is 9.77. The van der Waals surface area contributed by atoms with Crippen LogP contribution in [0.1, 0.15) is 47.4 Å². The highest BCUT2D eigenvalue weighted by atomic mass is 16.2. The zero-order chi connectivity index (χ0) is 20.4. The van der Waals surface area contributed by atoms with Gasteiger partial charge in [-0.15, -0.1) is 0 Å². The monoisotopic (exact) mass is 390 g/mol. The predicted molar refractivity (Wildman–Crippen MR) is 109 cm³/mol.